The molecule has 2 heterocycles. The van der Waals surface area contributed by atoms with Crippen molar-refractivity contribution in [1.29, 1.82) is 0 Å². The number of benzene rings is 1. The van der Waals surface area contributed by atoms with E-state index in [1.807, 2.05) is 12.3 Å². The Morgan fingerprint density at radius 2 is 2.04 bits per heavy atom. The summed E-state index contributed by atoms with van der Waals surface area (Å²) in [6.45, 7) is 4.10. The predicted octanol–water partition coefficient (Wildman–Crippen LogP) is 4.46. The Kier molecular flexibility index (Phi) is 5.81. The van der Waals surface area contributed by atoms with Gasteiger partial charge in [0.05, 0.1) is 16.3 Å². The zero-order chi connectivity index (χ0) is 19.6. The molecule has 1 aliphatic rings. The molecule has 2 aromatic rings. The minimum absolute atomic E-state index is 0.0471. The second-order valence-corrected chi connectivity index (χ2v) is 7.65. The molecule has 1 aromatic carbocycles. The van der Waals surface area contributed by atoms with E-state index in [9.17, 15) is 22.4 Å². The first-order valence-electron chi connectivity index (χ1n) is 8.53. The first-order valence-corrected chi connectivity index (χ1v) is 9.41. The third-order valence-corrected chi connectivity index (χ3v) is 5.37. The molecule has 1 N–H and O–H groups in total. The molecular weight excluding hydrogens is 382 g/mol. The molecule has 0 atom stereocenters. The fraction of sp³-hybridized carbons (Fsp3) is 0.444. The summed E-state index contributed by atoms with van der Waals surface area (Å²) in [6.07, 6.45) is -3.57. The van der Waals surface area contributed by atoms with Crippen LogP contribution in [0, 0.1) is 18.7 Å². The van der Waals surface area contributed by atoms with E-state index in [0.717, 1.165) is 29.4 Å². The SMILES string of the molecule is Cc1nc(CN2CCC(C(=O)Nc3ccc(F)c(C(F)(F)F)c3)CC2)cs1. The van der Waals surface area contributed by atoms with Crippen LogP contribution in [-0.4, -0.2) is 28.9 Å². The van der Waals surface area contributed by atoms with Crippen LogP contribution in [0.15, 0.2) is 23.6 Å². The lowest BCUT2D eigenvalue weighted by Gasteiger charge is -2.30. The average molecular weight is 401 g/mol. The number of rotatable bonds is 4. The standard InChI is InChI=1S/C18H19F4N3OS/c1-11-23-14(10-27-11)9-25-6-4-12(5-7-25)17(26)24-13-2-3-16(19)15(8-13)18(20,21)22/h2-3,8,10,12H,4-7,9H2,1H3,(H,24,26). The second-order valence-electron chi connectivity index (χ2n) is 6.59. The Morgan fingerprint density at radius 1 is 1.33 bits per heavy atom. The van der Waals surface area contributed by atoms with Gasteiger partial charge in [-0.3, -0.25) is 9.69 Å². The van der Waals surface area contributed by atoms with Gasteiger partial charge in [0.2, 0.25) is 5.91 Å². The highest BCUT2D eigenvalue weighted by Gasteiger charge is 2.34. The maximum atomic E-state index is 13.3. The normalized spacial score (nSPS) is 16.5. The van der Waals surface area contributed by atoms with Gasteiger partial charge in [0.15, 0.2) is 0 Å². The minimum atomic E-state index is -4.80. The van der Waals surface area contributed by atoms with E-state index in [4.69, 9.17) is 0 Å². The molecule has 0 radical (unpaired) electrons. The van der Waals surface area contributed by atoms with Crippen molar-refractivity contribution >= 4 is 22.9 Å². The van der Waals surface area contributed by atoms with E-state index in [0.29, 0.717) is 32.0 Å². The van der Waals surface area contributed by atoms with Gasteiger partial charge in [0.25, 0.3) is 0 Å². The van der Waals surface area contributed by atoms with E-state index in [1.54, 1.807) is 11.3 Å². The van der Waals surface area contributed by atoms with Crippen molar-refractivity contribution in [2.75, 3.05) is 18.4 Å². The number of aryl methyl sites for hydroxylation is 1. The molecule has 1 aliphatic heterocycles. The number of thiazole rings is 1. The molecule has 0 aliphatic carbocycles. The Labute approximate surface area is 158 Å². The lowest BCUT2D eigenvalue weighted by atomic mass is 9.95. The zero-order valence-corrected chi connectivity index (χ0v) is 15.5. The lowest BCUT2D eigenvalue weighted by Crippen LogP contribution is -2.37. The summed E-state index contributed by atoms with van der Waals surface area (Å²) in [5.41, 5.74) is -0.422. The molecule has 0 saturated carbocycles. The van der Waals surface area contributed by atoms with Gasteiger partial charge in [-0.2, -0.15) is 13.2 Å². The molecule has 0 unspecified atom stereocenters. The van der Waals surface area contributed by atoms with Crippen molar-refractivity contribution < 1.29 is 22.4 Å². The van der Waals surface area contributed by atoms with Gasteiger partial charge in [0.1, 0.15) is 5.82 Å². The number of carbonyl (C=O) groups is 1. The van der Waals surface area contributed by atoms with Crippen molar-refractivity contribution in [1.82, 2.24) is 9.88 Å². The molecule has 0 bridgehead atoms. The van der Waals surface area contributed by atoms with Crippen LogP contribution in [0.1, 0.15) is 29.1 Å². The Balaban J connectivity index is 1.55. The first-order chi connectivity index (χ1) is 12.7. The van der Waals surface area contributed by atoms with Crippen molar-refractivity contribution in [2.45, 2.75) is 32.5 Å². The molecule has 0 spiro atoms. The summed E-state index contributed by atoms with van der Waals surface area (Å²) >= 11 is 1.59. The maximum Gasteiger partial charge on any atom is 0.419 e. The van der Waals surface area contributed by atoms with Crippen molar-refractivity contribution in [2.24, 2.45) is 5.92 Å². The van der Waals surface area contributed by atoms with Crippen LogP contribution in [0.25, 0.3) is 0 Å². The Hall–Kier alpha value is -2.00. The fourth-order valence-electron chi connectivity index (χ4n) is 3.13. The second kappa shape index (κ2) is 7.93. The molecule has 1 saturated heterocycles. The van der Waals surface area contributed by atoms with E-state index in [2.05, 4.69) is 15.2 Å². The fourth-order valence-corrected chi connectivity index (χ4v) is 3.73. The number of piperidine rings is 1. The number of aromatic nitrogens is 1. The largest absolute Gasteiger partial charge is 0.419 e. The summed E-state index contributed by atoms with van der Waals surface area (Å²) in [5, 5.41) is 5.51. The molecule has 3 rings (SSSR count). The quantitative estimate of drug-likeness (QED) is 0.770. The predicted molar refractivity (Wildman–Crippen MR) is 94.9 cm³/mol. The molecule has 1 aromatic heterocycles. The Bertz CT molecular complexity index is 813. The average Bonchev–Trinajstić information content (AvgIpc) is 3.01. The van der Waals surface area contributed by atoms with E-state index < -0.39 is 17.6 Å². The number of nitrogens with zero attached hydrogens (tertiary/aromatic N) is 2. The number of anilines is 1. The van der Waals surface area contributed by atoms with Crippen LogP contribution >= 0.6 is 11.3 Å². The summed E-state index contributed by atoms with van der Waals surface area (Å²) in [4.78, 5) is 19.0. The molecular formula is C18H19F4N3OS. The number of nitrogens with one attached hydrogen (secondary N) is 1. The number of carbonyl (C=O) groups excluding carboxylic acids is 1. The van der Waals surface area contributed by atoms with Crippen LogP contribution in [0.5, 0.6) is 0 Å². The molecule has 146 valence electrons. The van der Waals surface area contributed by atoms with E-state index >= 15 is 0 Å². The highest BCUT2D eigenvalue weighted by Crippen LogP contribution is 2.33. The smallest absolute Gasteiger partial charge is 0.326 e. The lowest BCUT2D eigenvalue weighted by molar-refractivity contribution is -0.140. The van der Waals surface area contributed by atoms with Crippen LogP contribution in [-0.2, 0) is 17.5 Å². The number of likely N-dealkylation sites (tertiary alicyclic amines) is 1. The summed E-state index contributed by atoms with van der Waals surface area (Å²) in [5.74, 6) is -1.97. The number of alkyl halides is 3. The summed E-state index contributed by atoms with van der Waals surface area (Å²) in [7, 11) is 0. The highest BCUT2D eigenvalue weighted by atomic mass is 32.1. The number of halogens is 4. The number of hydrogen-bond acceptors (Lipinski definition) is 4. The van der Waals surface area contributed by atoms with Gasteiger partial charge >= 0.3 is 6.18 Å². The van der Waals surface area contributed by atoms with Gasteiger partial charge in [-0.25, -0.2) is 9.37 Å². The monoisotopic (exact) mass is 401 g/mol. The van der Waals surface area contributed by atoms with Gasteiger partial charge in [-0.1, -0.05) is 0 Å². The molecule has 9 heteroatoms. The molecule has 27 heavy (non-hydrogen) atoms. The third kappa shape index (κ3) is 5.04. The van der Waals surface area contributed by atoms with Gasteiger partial charge < -0.3 is 5.32 Å². The van der Waals surface area contributed by atoms with Crippen molar-refractivity contribution in [3.05, 3.63) is 45.7 Å². The molecule has 1 amide bonds. The number of hydrogen-bond donors (Lipinski definition) is 1. The molecule has 4 nitrogen and oxygen atoms in total. The van der Waals surface area contributed by atoms with Crippen molar-refractivity contribution in [3.8, 4) is 0 Å². The van der Waals surface area contributed by atoms with E-state index in [-0.39, 0.29) is 17.5 Å². The first kappa shape index (κ1) is 19.8. The zero-order valence-electron chi connectivity index (χ0n) is 14.6. The topological polar surface area (TPSA) is 45.2 Å². The third-order valence-electron chi connectivity index (χ3n) is 4.55. The van der Waals surface area contributed by atoms with Crippen LogP contribution < -0.4 is 5.32 Å². The maximum absolute atomic E-state index is 13.3. The Morgan fingerprint density at radius 3 is 2.63 bits per heavy atom. The van der Waals surface area contributed by atoms with Gasteiger partial charge in [0, 0.05) is 23.5 Å². The highest BCUT2D eigenvalue weighted by molar-refractivity contribution is 7.09. The summed E-state index contributed by atoms with van der Waals surface area (Å²) < 4.78 is 51.7. The van der Waals surface area contributed by atoms with Crippen LogP contribution in [0.2, 0.25) is 0 Å². The molecule has 1 fully saturated rings. The van der Waals surface area contributed by atoms with Crippen molar-refractivity contribution in [3.63, 3.8) is 0 Å². The van der Waals surface area contributed by atoms with Gasteiger partial charge in [-0.15, -0.1) is 11.3 Å². The summed E-state index contributed by atoms with van der Waals surface area (Å²) in [6, 6.07) is 2.49. The van der Waals surface area contributed by atoms with Crippen LogP contribution in [0.4, 0.5) is 23.2 Å². The minimum Gasteiger partial charge on any atom is -0.326 e. The van der Waals surface area contributed by atoms with Crippen LogP contribution in [0.3, 0.4) is 0 Å². The number of amides is 1. The van der Waals surface area contributed by atoms with Gasteiger partial charge in [-0.05, 0) is 51.1 Å². The van der Waals surface area contributed by atoms with E-state index in [1.165, 1.54) is 0 Å².